The van der Waals surface area contributed by atoms with E-state index in [1.54, 1.807) is 0 Å². The summed E-state index contributed by atoms with van der Waals surface area (Å²) in [4.78, 5) is 0. The third kappa shape index (κ3) is 157. The molecular weight excluding hydrogens is 277 g/mol. The van der Waals surface area contributed by atoms with Gasteiger partial charge in [0.25, 0.3) is 0 Å². The Morgan fingerprint density at radius 1 is 1.14 bits per heavy atom. The molecular formula is H5ErNO4S. The van der Waals surface area contributed by atoms with Gasteiger partial charge in [-0.3, -0.25) is 9.11 Å². The van der Waals surface area contributed by atoms with Crippen LogP contribution in [0.4, 0.5) is 0 Å². The van der Waals surface area contributed by atoms with Crippen molar-refractivity contribution in [2.45, 2.75) is 0 Å². The molecule has 0 unspecified atom stereocenters. The molecule has 0 atom stereocenters. The Hall–Kier alpha value is 1.08. The van der Waals surface area contributed by atoms with E-state index in [-0.39, 0.29) is 43.5 Å². The van der Waals surface area contributed by atoms with Crippen LogP contribution >= 0.6 is 0 Å². The first-order valence-electron chi connectivity index (χ1n) is 0.698. The Balaban J connectivity index is -0.0000000800. The van der Waals surface area contributed by atoms with Gasteiger partial charge in [-0.2, -0.15) is 8.42 Å². The van der Waals surface area contributed by atoms with Crippen molar-refractivity contribution in [2.75, 3.05) is 0 Å². The maximum atomic E-state index is 8.74. The second kappa shape index (κ2) is 5.22. The van der Waals surface area contributed by atoms with Gasteiger partial charge in [-0.1, -0.05) is 0 Å². The van der Waals surface area contributed by atoms with E-state index in [0.717, 1.165) is 0 Å². The van der Waals surface area contributed by atoms with Crippen LogP contribution in [0.1, 0.15) is 0 Å². The van der Waals surface area contributed by atoms with Crippen molar-refractivity contribution in [3.8, 4) is 0 Å². The molecule has 0 fully saturated rings. The normalized spacial score (nSPS) is 8.29. The molecule has 0 amide bonds. The molecule has 5 N–H and O–H groups in total. The molecule has 0 aromatic rings. The van der Waals surface area contributed by atoms with E-state index < -0.39 is 10.4 Å². The zero-order chi connectivity index (χ0) is 4.50. The summed E-state index contributed by atoms with van der Waals surface area (Å²) in [7, 11) is -4.67. The van der Waals surface area contributed by atoms with Gasteiger partial charge >= 0.3 is 10.4 Å². The van der Waals surface area contributed by atoms with Crippen LogP contribution in [0.15, 0.2) is 0 Å². The first kappa shape index (κ1) is 15.7. The van der Waals surface area contributed by atoms with Crippen molar-refractivity contribution in [3.63, 3.8) is 0 Å². The molecule has 52 valence electrons. The summed E-state index contributed by atoms with van der Waals surface area (Å²) < 4.78 is 31.6. The predicted molar refractivity (Wildman–Crippen MR) is 19.2 cm³/mol. The van der Waals surface area contributed by atoms with Crippen molar-refractivity contribution in [1.29, 1.82) is 0 Å². The minimum Gasteiger partial charge on any atom is -0.344 e. The van der Waals surface area contributed by atoms with Crippen molar-refractivity contribution in [3.05, 3.63) is 0 Å². The predicted octanol–water partition coefficient (Wildman–Crippen LogP) is -0.491. The smallest absolute Gasteiger partial charge is 0.344 e. The van der Waals surface area contributed by atoms with Gasteiger partial charge in [0, 0.05) is 37.3 Å². The Labute approximate surface area is 70.9 Å². The second-order valence-corrected chi connectivity index (χ2v) is 1.34. The maximum Gasteiger partial charge on any atom is 0.394 e. The molecule has 0 aliphatic carbocycles. The Kier molecular flexibility index (Phi) is 11.7. The average molecular weight is 282 g/mol. The van der Waals surface area contributed by atoms with Gasteiger partial charge in [0.05, 0.1) is 0 Å². The quantitative estimate of drug-likeness (QED) is 0.519. The van der Waals surface area contributed by atoms with Crippen LogP contribution < -0.4 is 6.15 Å². The van der Waals surface area contributed by atoms with E-state index in [1.807, 2.05) is 0 Å². The van der Waals surface area contributed by atoms with E-state index in [9.17, 15) is 0 Å². The molecule has 0 rings (SSSR count). The molecule has 0 aliphatic heterocycles. The summed E-state index contributed by atoms with van der Waals surface area (Å²) >= 11 is 0. The first-order chi connectivity index (χ1) is 2.00. The van der Waals surface area contributed by atoms with Crippen molar-refractivity contribution < 1.29 is 54.8 Å². The summed E-state index contributed by atoms with van der Waals surface area (Å²) in [5, 5.41) is 0. The van der Waals surface area contributed by atoms with Gasteiger partial charge in [0.15, 0.2) is 0 Å². The van der Waals surface area contributed by atoms with Gasteiger partial charge in [-0.15, -0.1) is 0 Å². The zero-order valence-corrected chi connectivity index (χ0v) is 5.78. The van der Waals surface area contributed by atoms with Gasteiger partial charge in [-0.25, -0.2) is 0 Å². The fourth-order valence-corrected chi connectivity index (χ4v) is 0. The van der Waals surface area contributed by atoms with Gasteiger partial charge in [0.2, 0.25) is 0 Å². The standard InChI is InChI=1S/Er.H3N.H2O4S/c;;1-5(2,3)4/h;1H3;(H2,1,2,3,4). The van der Waals surface area contributed by atoms with Crippen LogP contribution in [-0.4, -0.2) is 17.5 Å². The van der Waals surface area contributed by atoms with Crippen LogP contribution in [0.5, 0.6) is 0 Å². The first-order valence-corrected chi connectivity index (χ1v) is 2.10. The monoisotopic (exact) mass is 281 g/mol. The fourth-order valence-electron chi connectivity index (χ4n) is 0. The second-order valence-electron chi connectivity index (χ2n) is 0.448. The number of hydrogen-bond donors (Lipinski definition) is 3. The van der Waals surface area contributed by atoms with E-state index in [2.05, 4.69) is 0 Å². The Bertz CT molecular complexity index is 94.9. The Morgan fingerprint density at radius 2 is 1.14 bits per heavy atom. The third-order valence-corrected chi connectivity index (χ3v) is 0. The SMILES string of the molecule is N.O=S(=O)(O)O.[Er]. The van der Waals surface area contributed by atoms with E-state index in [0.29, 0.717) is 0 Å². The molecule has 0 saturated heterocycles. The minimum atomic E-state index is -4.67. The summed E-state index contributed by atoms with van der Waals surface area (Å²) in [6.45, 7) is 0. The molecule has 5 nitrogen and oxygen atoms in total. The number of rotatable bonds is 0. The topological polar surface area (TPSA) is 110 Å². The molecule has 0 saturated carbocycles. The van der Waals surface area contributed by atoms with Crippen molar-refractivity contribution in [1.82, 2.24) is 6.15 Å². The van der Waals surface area contributed by atoms with E-state index in [1.165, 1.54) is 0 Å². The van der Waals surface area contributed by atoms with Crippen LogP contribution in [-0.2, 0) is 10.4 Å². The van der Waals surface area contributed by atoms with Crippen molar-refractivity contribution >= 4 is 10.4 Å². The third-order valence-electron chi connectivity index (χ3n) is 0. The molecule has 0 aromatic carbocycles. The molecule has 0 heterocycles. The van der Waals surface area contributed by atoms with E-state index >= 15 is 0 Å². The Morgan fingerprint density at radius 3 is 1.14 bits per heavy atom. The summed E-state index contributed by atoms with van der Waals surface area (Å²) in [5.41, 5.74) is 0. The molecule has 7 heavy (non-hydrogen) atoms. The van der Waals surface area contributed by atoms with Crippen LogP contribution in [0.2, 0.25) is 0 Å². The largest absolute Gasteiger partial charge is 0.394 e. The van der Waals surface area contributed by atoms with Gasteiger partial charge in [-0.05, 0) is 0 Å². The fraction of sp³-hybridized carbons (Fsp3) is 0. The molecule has 0 spiro atoms. The van der Waals surface area contributed by atoms with Crippen LogP contribution in [0, 0.1) is 37.3 Å². The van der Waals surface area contributed by atoms with Crippen molar-refractivity contribution in [2.24, 2.45) is 0 Å². The average Bonchev–Trinajstić information content (AvgIpc) is 0.722. The van der Waals surface area contributed by atoms with Crippen LogP contribution in [0.3, 0.4) is 0 Å². The summed E-state index contributed by atoms with van der Waals surface area (Å²) in [5.74, 6) is 0. The maximum absolute atomic E-state index is 8.74. The van der Waals surface area contributed by atoms with Crippen LogP contribution in [0.25, 0.3) is 0 Å². The van der Waals surface area contributed by atoms with E-state index in [4.69, 9.17) is 17.5 Å². The molecule has 0 aromatic heterocycles. The number of hydrogen-bond acceptors (Lipinski definition) is 3. The molecule has 0 aliphatic rings. The zero-order valence-electron chi connectivity index (χ0n) is 3.11. The molecule has 7 heteroatoms. The minimum absolute atomic E-state index is 0. The van der Waals surface area contributed by atoms with Gasteiger partial charge < -0.3 is 6.15 Å². The summed E-state index contributed by atoms with van der Waals surface area (Å²) in [6.07, 6.45) is 0. The summed E-state index contributed by atoms with van der Waals surface area (Å²) in [6, 6.07) is 0. The molecule has 0 radical (unpaired) electrons. The van der Waals surface area contributed by atoms with Gasteiger partial charge in [0.1, 0.15) is 0 Å². The molecule has 0 bridgehead atoms.